The second-order valence-corrected chi connectivity index (χ2v) is 4.54. The topological polar surface area (TPSA) is 4.93 Å². The van der Waals surface area contributed by atoms with Gasteiger partial charge in [0.2, 0.25) is 0 Å². The number of aryl methyl sites for hydroxylation is 1. The standard InChI is InChI=1S/C14H17N/c1-5-14(3,4)15-11(2)10-12-8-6-7-9-13(12)15/h5-10H,1H2,2-4H3. The number of hydrogen-bond acceptors (Lipinski definition) is 0. The van der Waals surface area contributed by atoms with Crippen LogP contribution in [0.4, 0.5) is 0 Å². The lowest BCUT2D eigenvalue weighted by atomic mass is 10.1. The van der Waals surface area contributed by atoms with E-state index in [0.717, 1.165) is 0 Å². The number of para-hydroxylation sites is 1. The summed E-state index contributed by atoms with van der Waals surface area (Å²) in [5.74, 6) is 0. The molecule has 1 nitrogen and oxygen atoms in total. The van der Waals surface area contributed by atoms with Crippen LogP contribution in [0.2, 0.25) is 0 Å². The number of rotatable bonds is 2. The molecule has 0 N–H and O–H groups in total. The van der Waals surface area contributed by atoms with E-state index in [1.165, 1.54) is 16.6 Å². The van der Waals surface area contributed by atoms with Gasteiger partial charge in [0.05, 0.1) is 5.54 Å². The van der Waals surface area contributed by atoms with Crippen LogP contribution in [0.5, 0.6) is 0 Å². The van der Waals surface area contributed by atoms with E-state index >= 15 is 0 Å². The van der Waals surface area contributed by atoms with Gasteiger partial charge in [-0.25, -0.2) is 0 Å². The Balaban J connectivity index is 2.80. The molecule has 1 aromatic carbocycles. The van der Waals surface area contributed by atoms with E-state index in [1.807, 2.05) is 6.08 Å². The first-order valence-corrected chi connectivity index (χ1v) is 5.27. The van der Waals surface area contributed by atoms with Gasteiger partial charge in [0.25, 0.3) is 0 Å². The first-order chi connectivity index (χ1) is 7.06. The number of nitrogens with zero attached hydrogens (tertiary/aromatic N) is 1. The number of allylic oxidation sites excluding steroid dienone is 1. The zero-order chi connectivity index (χ0) is 11.1. The maximum atomic E-state index is 3.92. The molecule has 2 aromatic rings. The molecule has 0 aliphatic heterocycles. The second-order valence-electron chi connectivity index (χ2n) is 4.54. The minimum absolute atomic E-state index is 0.0345. The quantitative estimate of drug-likeness (QED) is 0.647. The fourth-order valence-electron chi connectivity index (χ4n) is 2.15. The van der Waals surface area contributed by atoms with Crippen molar-refractivity contribution in [2.75, 3.05) is 0 Å². The Hall–Kier alpha value is -1.50. The first kappa shape index (κ1) is 10.0. The van der Waals surface area contributed by atoms with Crippen LogP contribution in [-0.4, -0.2) is 4.57 Å². The Kier molecular flexibility index (Phi) is 2.18. The highest BCUT2D eigenvalue weighted by Gasteiger charge is 2.19. The molecule has 0 saturated carbocycles. The van der Waals surface area contributed by atoms with E-state index < -0.39 is 0 Å². The van der Waals surface area contributed by atoms with Crippen molar-refractivity contribution < 1.29 is 0 Å². The van der Waals surface area contributed by atoms with Crippen molar-refractivity contribution in [3.05, 3.63) is 48.7 Å². The molecule has 0 atom stereocenters. The van der Waals surface area contributed by atoms with Gasteiger partial charge in [0.15, 0.2) is 0 Å². The zero-order valence-corrected chi connectivity index (χ0v) is 9.62. The Bertz CT molecular complexity index is 503. The first-order valence-electron chi connectivity index (χ1n) is 5.27. The molecule has 0 unspecified atom stereocenters. The summed E-state index contributed by atoms with van der Waals surface area (Å²) in [6.07, 6.45) is 1.99. The van der Waals surface area contributed by atoms with E-state index in [4.69, 9.17) is 0 Å². The number of fused-ring (bicyclic) bond motifs is 1. The van der Waals surface area contributed by atoms with Crippen molar-refractivity contribution in [3.63, 3.8) is 0 Å². The lowest BCUT2D eigenvalue weighted by Crippen LogP contribution is -2.23. The van der Waals surface area contributed by atoms with Crippen molar-refractivity contribution in [3.8, 4) is 0 Å². The number of hydrogen-bond donors (Lipinski definition) is 0. The summed E-state index contributed by atoms with van der Waals surface area (Å²) in [4.78, 5) is 0. The second kappa shape index (κ2) is 3.27. The minimum Gasteiger partial charge on any atom is -0.336 e. The largest absolute Gasteiger partial charge is 0.336 e. The van der Waals surface area contributed by atoms with Crippen LogP contribution in [0.15, 0.2) is 43.0 Å². The van der Waals surface area contributed by atoms with E-state index in [2.05, 4.69) is 62.2 Å². The molecule has 1 heteroatoms. The van der Waals surface area contributed by atoms with Gasteiger partial charge in [-0.05, 0) is 38.3 Å². The summed E-state index contributed by atoms with van der Waals surface area (Å²) in [5, 5.41) is 1.30. The van der Waals surface area contributed by atoms with Crippen molar-refractivity contribution in [1.29, 1.82) is 0 Å². The summed E-state index contributed by atoms with van der Waals surface area (Å²) in [7, 11) is 0. The third-order valence-corrected chi connectivity index (χ3v) is 2.97. The summed E-state index contributed by atoms with van der Waals surface area (Å²) >= 11 is 0. The van der Waals surface area contributed by atoms with Gasteiger partial charge < -0.3 is 4.57 Å². The lowest BCUT2D eigenvalue weighted by Gasteiger charge is -2.25. The monoisotopic (exact) mass is 199 g/mol. The molecule has 15 heavy (non-hydrogen) atoms. The number of benzene rings is 1. The minimum atomic E-state index is -0.0345. The fraction of sp³-hybridized carbons (Fsp3) is 0.286. The van der Waals surface area contributed by atoms with E-state index in [-0.39, 0.29) is 5.54 Å². The molecular weight excluding hydrogens is 182 g/mol. The van der Waals surface area contributed by atoms with Crippen molar-refractivity contribution in [2.45, 2.75) is 26.3 Å². The van der Waals surface area contributed by atoms with Crippen LogP contribution >= 0.6 is 0 Å². The van der Waals surface area contributed by atoms with Gasteiger partial charge in [-0.2, -0.15) is 0 Å². The molecule has 0 amide bonds. The van der Waals surface area contributed by atoms with Gasteiger partial charge in [0, 0.05) is 11.2 Å². The van der Waals surface area contributed by atoms with E-state index in [0.29, 0.717) is 0 Å². The molecule has 0 fully saturated rings. The molecule has 0 bridgehead atoms. The molecule has 0 aliphatic carbocycles. The molecule has 78 valence electrons. The SMILES string of the molecule is C=CC(C)(C)n1c(C)cc2ccccc21. The maximum Gasteiger partial charge on any atom is 0.0571 e. The van der Waals surface area contributed by atoms with Crippen LogP contribution < -0.4 is 0 Å². The summed E-state index contributed by atoms with van der Waals surface area (Å²) in [6.45, 7) is 10.4. The van der Waals surface area contributed by atoms with Crippen LogP contribution in [0.3, 0.4) is 0 Å². The number of aromatic nitrogens is 1. The zero-order valence-electron chi connectivity index (χ0n) is 9.62. The highest BCUT2D eigenvalue weighted by molar-refractivity contribution is 5.81. The van der Waals surface area contributed by atoms with E-state index in [9.17, 15) is 0 Å². The fourth-order valence-corrected chi connectivity index (χ4v) is 2.15. The molecule has 0 saturated heterocycles. The van der Waals surface area contributed by atoms with Gasteiger partial charge in [-0.15, -0.1) is 6.58 Å². The third-order valence-electron chi connectivity index (χ3n) is 2.97. The lowest BCUT2D eigenvalue weighted by molar-refractivity contribution is 0.462. The predicted octanol–water partition coefficient (Wildman–Crippen LogP) is 3.87. The van der Waals surface area contributed by atoms with Gasteiger partial charge >= 0.3 is 0 Å². The summed E-state index contributed by atoms with van der Waals surface area (Å²) in [5.41, 5.74) is 2.52. The Morgan fingerprint density at radius 2 is 1.93 bits per heavy atom. The van der Waals surface area contributed by atoms with Crippen molar-refractivity contribution in [1.82, 2.24) is 4.57 Å². The Morgan fingerprint density at radius 1 is 1.27 bits per heavy atom. The highest BCUT2D eigenvalue weighted by atomic mass is 15.1. The molecular formula is C14H17N. The molecule has 1 heterocycles. The van der Waals surface area contributed by atoms with Crippen LogP contribution in [-0.2, 0) is 5.54 Å². The van der Waals surface area contributed by atoms with Crippen LogP contribution in [0.25, 0.3) is 10.9 Å². The average Bonchev–Trinajstić information content (AvgIpc) is 2.54. The maximum absolute atomic E-state index is 3.92. The normalized spacial score (nSPS) is 11.9. The van der Waals surface area contributed by atoms with Gasteiger partial charge in [-0.3, -0.25) is 0 Å². The smallest absolute Gasteiger partial charge is 0.0571 e. The highest BCUT2D eigenvalue weighted by Crippen LogP contribution is 2.27. The van der Waals surface area contributed by atoms with Gasteiger partial charge in [-0.1, -0.05) is 24.3 Å². The Labute approximate surface area is 91.0 Å². The van der Waals surface area contributed by atoms with E-state index in [1.54, 1.807) is 0 Å². The van der Waals surface area contributed by atoms with Crippen LogP contribution in [0.1, 0.15) is 19.5 Å². The molecule has 1 aromatic heterocycles. The van der Waals surface area contributed by atoms with Crippen molar-refractivity contribution >= 4 is 10.9 Å². The summed E-state index contributed by atoms with van der Waals surface area (Å²) < 4.78 is 2.33. The Morgan fingerprint density at radius 3 is 2.60 bits per heavy atom. The molecule has 0 spiro atoms. The van der Waals surface area contributed by atoms with Crippen LogP contribution in [0, 0.1) is 6.92 Å². The van der Waals surface area contributed by atoms with Gasteiger partial charge in [0.1, 0.15) is 0 Å². The summed E-state index contributed by atoms with van der Waals surface area (Å²) in [6, 6.07) is 10.7. The predicted molar refractivity (Wildman–Crippen MR) is 66.2 cm³/mol. The van der Waals surface area contributed by atoms with Crippen molar-refractivity contribution in [2.24, 2.45) is 0 Å². The molecule has 0 aliphatic rings. The third kappa shape index (κ3) is 1.48. The average molecular weight is 199 g/mol. The molecule has 0 radical (unpaired) electrons. The molecule has 2 rings (SSSR count).